The zero-order chi connectivity index (χ0) is 17.5. The van der Waals surface area contributed by atoms with Crippen LogP contribution in [-0.4, -0.2) is 35.7 Å². The van der Waals surface area contributed by atoms with Crippen LogP contribution < -0.4 is 10.6 Å². The fourth-order valence-electron chi connectivity index (χ4n) is 1.96. The van der Waals surface area contributed by atoms with Crippen molar-refractivity contribution in [1.82, 2.24) is 10.2 Å². The van der Waals surface area contributed by atoms with Crippen molar-refractivity contribution in [1.29, 1.82) is 0 Å². The molecule has 0 aromatic heterocycles. The predicted octanol–water partition coefficient (Wildman–Crippen LogP) is 3.59. The molecule has 0 radical (unpaired) electrons. The van der Waals surface area contributed by atoms with Gasteiger partial charge in [0.1, 0.15) is 5.60 Å². The molecular weight excluding hydrogens is 294 g/mol. The molecule has 1 aromatic rings. The van der Waals surface area contributed by atoms with Crippen LogP contribution in [0.4, 0.5) is 15.3 Å². The molecule has 0 aliphatic rings. The number of carbonyl (C=O) groups excluding carboxylic acids is 2. The Hall–Kier alpha value is -2.24. The van der Waals surface area contributed by atoms with Gasteiger partial charge in [-0.15, -0.1) is 0 Å². The molecule has 1 rings (SSSR count). The first-order chi connectivity index (χ1) is 10.7. The van der Waals surface area contributed by atoms with Crippen LogP contribution in [0, 0.1) is 0 Å². The van der Waals surface area contributed by atoms with Crippen molar-refractivity contribution in [3.8, 4) is 0 Å². The molecule has 3 amide bonds. The number of ether oxygens (including phenoxy) is 1. The smallest absolute Gasteiger partial charge is 0.407 e. The van der Waals surface area contributed by atoms with E-state index in [9.17, 15) is 9.59 Å². The molecule has 0 aliphatic heterocycles. The molecule has 0 fully saturated rings. The highest BCUT2D eigenvalue weighted by molar-refractivity contribution is 5.89. The summed E-state index contributed by atoms with van der Waals surface area (Å²) in [6.07, 6.45) is -0.463. The van der Waals surface area contributed by atoms with E-state index in [1.54, 1.807) is 4.90 Å². The second-order valence-electron chi connectivity index (χ2n) is 6.16. The minimum Gasteiger partial charge on any atom is -0.444 e. The van der Waals surface area contributed by atoms with Gasteiger partial charge in [-0.2, -0.15) is 0 Å². The Balaban J connectivity index is 2.60. The Morgan fingerprint density at radius 1 is 1.17 bits per heavy atom. The topological polar surface area (TPSA) is 70.7 Å². The van der Waals surface area contributed by atoms with E-state index in [1.807, 2.05) is 58.9 Å². The fourth-order valence-corrected chi connectivity index (χ4v) is 1.96. The minimum absolute atomic E-state index is 0.132. The molecule has 6 heteroatoms. The monoisotopic (exact) mass is 321 g/mol. The summed E-state index contributed by atoms with van der Waals surface area (Å²) < 4.78 is 5.19. The molecule has 0 bridgehead atoms. The Morgan fingerprint density at radius 2 is 1.83 bits per heavy atom. The van der Waals surface area contributed by atoms with Crippen molar-refractivity contribution in [3.63, 3.8) is 0 Å². The minimum atomic E-state index is -0.524. The third kappa shape index (κ3) is 7.04. The lowest BCUT2D eigenvalue weighted by molar-refractivity contribution is 0.0523. The summed E-state index contributed by atoms with van der Waals surface area (Å²) in [5.74, 6) is 0. The summed E-state index contributed by atoms with van der Waals surface area (Å²) in [5.41, 5.74) is 1.06. The van der Waals surface area contributed by atoms with Gasteiger partial charge in [-0.25, -0.2) is 9.59 Å². The van der Waals surface area contributed by atoms with Crippen LogP contribution in [0.2, 0.25) is 0 Å². The highest BCUT2D eigenvalue weighted by Gasteiger charge is 2.15. The van der Waals surface area contributed by atoms with Gasteiger partial charge in [-0.05, 0) is 52.3 Å². The van der Waals surface area contributed by atoms with Crippen molar-refractivity contribution >= 4 is 17.8 Å². The second-order valence-corrected chi connectivity index (χ2v) is 6.16. The van der Waals surface area contributed by atoms with Crippen LogP contribution in [0.3, 0.4) is 0 Å². The van der Waals surface area contributed by atoms with Gasteiger partial charge in [0.15, 0.2) is 0 Å². The number of nitrogens with zero attached hydrogens (tertiary/aromatic N) is 1. The molecule has 0 heterocycles. The van der Waals surface area contributed by atoms with Crippen LogP contribution >= 0.6 is 0 Å². The largest absolute Gasteiger partial charge is 0.444 e. The number of urea groups is 1. The average molecular weight is 321 g/mol. The van der Waals surface area contributed by atoms with E-state index in [0.29, 0.717) is 25.3 Å². The molecule has 0 spiro atoms. The lowest BCUT2D eigenvalue weighted by atomic mass is 10.2. The highest BCUT2D eigenvalue weighted by atomic mass is 16.6. The maximum atomic E-state index is 12.0. The van der Waals surface area contributed by atoms with Gasteiger partial charge in [-0.1, -0.05) is 12.1 Å². The molecule has 0 atom stereocenters. The average Bonchev–Trinajstić information content (AvgIpc) is 2.45. The summed E-state index contributed by atoms with van der Waals surface area (Å²) in [6.45, 7) is 11.0. The van der Waals surface area contributed by atoms with Crippen LogP contribution in [0.25, 0.3) is 0 Å². The molecule has 6 nitrogen and oxygen atoms in total. The Morgan fingerprint density at radius 3 is 2.39 bits per heavy atom. The summed E-state index contributed by atoms with van der Waals surface area (Å²) >= 11 is 0. The quantitative estimate of drug-likeness (QED) is 0.870. The molecule has 0 aliphatic carbocycles. The SMILES string of the molecule is CCN(CC)C(=O)Nc1cccc(CNC(=O)OC(C)(C)C)c1. The highest BCUT2D eigenvalue weighted by Crippen LogP contribution is 2.12. The molecule has 128 valence electrons. The van der Waals surface area contributed by atoms with E-state index in [1.165, 1.54) is 0 Å². The lowest BCUT2D eigenvalue weighted by Crippen LogP contribution is -2.34. The molecule has 1 aromatic carbocycles. The van der Waals surface area contributed by atoms with Gasteiger partial charge in [0.2, 0.25) is 0 Å². The molecule has 0 saturated heterocycles. The van der Waals surface area contributed by atoms with Gasteiger partial charge in [0.05, 0.1) is 0 Å². The number of benzene rings is 1. The second kappa shape index (κ2) is 8.41. The normalized spacial score (nSPS) is 10.8. The molecule has 2 N–H and O–H groups in total. The lowest BCUT2D eigenvalue weighted by Gasteiger charge is -2.20. The summed E-state index contributed by atoms with van der Waals surface area (Å²) in [4.78, 5) is 25.4. The number of nitrogens with one attached hydrogen (secondary N) is 2. The van der Waals surface area contributed by atoms with Gasteiger partial charge in [-0.3, -0.25) is 0 Å². The van der Waals surface area contributed by atoms with E-state index in [0.717, 1.165) is 5.56 Å². The van der Waals surface area contributed by atoms with E-state index < -0.39 is 11.7 Å². The molecule has 0 unspecified atom stereocenters. The Kier molecular flexibility index (Phi) is 6.88. The van der Waals surface area contributed by atoms with Crippen molar-refractivity contribution in [2.45, 2.75) is 46.8 Å². The van der Waals surface area contributed by atoms with Crippen LogP contribution in [-0.2, 0) is 11.3 Å². The maximum Gasteiger partial charge on any atom is 0.407 e. The van der Waals surface area contributed by atoms with Gasteiger partial charge in [0.25, 0.3) is 0 Å². The number of amides is 3. The summed E-state index contributed by atoms with van der Waals surface area (Å²) in [5, 5.41) is 5.55. The third-order valence-electron chi connectivity index (χ3n) is 3.06. The van der Waals surface area contributed by atoms with Gasteiger partial charge >= 0.3 is 12.1 Å². The number of carbonyl (C=O) groups is 2. The van der Waals surface area contributed by atoms with Crippen LogP contribution in [0.15, 0.2) is 24.3 Å². The molecular formula is C17H27N3O3. The van der Waals surface area contributed by atoms with Crippen LogP contribution in [0.1, 0.15) is 40.2 Å². The maximum absolute atomic E-state index is 12.0. The number of anilines is 1. The number of rotatable bonds is 5. The zero-order valence-electron chi connectivity index (χ0n) is 14.6. The van der Waals surface area contributed by atoms with Gasteiger partial charge < -0.3 is 20.3 Å². The van der Waals surface area contributed by atoms with Crippen molar-refractivity contribution < 1.29 is 14.3 Å². The van der Waals surface area contributed by atoms with Gasteiger partial charge in [0, 0.05) is 25.3 Å². The number of alkyl carbamates (subject to hydrolysis) is 1. The molecule has 23 heavy (non-hydrogen) atoms. The third-order valence-corrected chi connectivity index (χ3v) is 3.06. The summed E-state index contributed by atoms with van der Waals surface area (Å²) in [7, 11) is 0. The van der Waals surface area contributed by atoms with E-state index in [2.05, 4.69) is 10.6 Å². The van der Waals surface area contributed by atoms with Crippen molar-refractivity contribution in [2.75, 3.05) is 18.4 Å². The Bertz CT molecular complexity index is 534. The van der Waals surface area contributed by atoms with E-state index >= 15 is 0 Å². The number of hydrogen-bond donors (Lipinski definition) is 2. The van der Waals surface area contributed by atoms with Crippen molar-refractivity contribution in [3.05, 3.63) is 29.8 Å². The number of hydrogen-bond acceptors (Lipinski definition) is 3. The fraction of sp³-hybridized carbons (Fsp3) is 0.529. The van der Waals surface area contributed by atoms with Crippen molar-refractivity contribution in [2.24, 2.45) is 0 Å². The zero-order valence-corrected chi connectivity index (χ0v) is 14.6. The van der Waals surface area contributed by atoms with E-state index in [4.69, 9.17) is 4.74 Å². The first kappa shape index (κ1) is 18.8. The first-order valence-corrected chi connectivity index (χ1v) is 7.87. The van der Waals surface area contributed by atoms with Crippen LogP contribution in [0.5, 0.6) is 0 Å². The molecule has 0 saturated carbocycles. The van der Waals surface area contributed by atoms with E-state index in [-0.39, 0.29) is 6.03 Å². The Labute approximate surface area is 138 Å². The summed E-state index contributed by atoms with van der Waals surface area (Å²) in [6, 6.07) is 7.23. The first-order valence-electron chi connectivity index (χ1n) is 7.87. The standard InChI is InChI=1S/C17H27N3O3/c1-6-20(7-2)15(21)19-14-10-8-9-13(11-14)12-18-16(22)23-17(3,4)5/h8-11H,6-7,12H2,1-5H3,(H,18,22)(H,19,21). The predicted molar refractivity (Wildman–Crippen MR) is 91.5 cm³/mol.